The summed E-state index contributed by atoms with van der Waals surface area (Å²) in [6.45, 7) is 25.0. The predicted octanol–water partition coefficient (Wildman–Crippen LogP) is 8.39. The molecule has 10 rings (SSSR count). The molecule has 101 heavy (non-hydrogen) atoms. The van der Waals surface area contributed by atoms with Crippen LogP contribution in [0, 0.1) is 17.8 Å². The lowest BCUT2D eigenvalue weighted by molar-refractivity contribution is -0.139. The topological polar surface area (TPSA) is 492 Å². The van der Waals surface area contributed by atoms with Crippen LogP contribution in [-0.2, 0) is 43.6 Å². The number of rotatable bonds is 17. The number of ketones is 4. The zero-order valence-electron chi connectivity index (χ0n) is 58.2. The van der Waals surface area contributed by atoms with Crippen molar-refractivity contribution in [3.8, 4) is 0 Å². The molecule has 34 heteroatoms. The molecule has 3 fully saturated rings. The van der Waals surface area contributed by atoms with Crippen LogP contribution in [0.1, 0.15) is 195 Å². The molecular weight excluding hydrogens is 1360 g/mol. The summed E-state index contributed by atoms with van der Waals surface area (Å²) in [5.74, 6) is 2.05. The van der Waals surface area contributed by atoms with Gasteiger partial charge in [-0.2, -0.15) is 0 Å². The second-order valence-electron chi connectivity index (χ2n) is 28.0. The molecule has 31 nitrogen and oxygen atoms in total. The number of hydrogen-bond donors (Lipinski definition) is 9. The number of hydrogen-bond acceptors (Lipinski definition) is 28. The number of carbonyl (C=O) groups is 6. The first kappa shape index (κ1) is 82.8. The van der Waals surface area contributed by atoms with Crippen LogP contribution in [0.25, 0.3) is 11.2 Å². The maximum Gasteiger partial charge on any atom is 0.317 e. The largest absolute Gasteiger partial charge is 0.481 e. The number of nitrogen functional groups attached to an aromatic ring is 6. The van der Waals surface area contributed by atoms with Gasteiger partial charge < -0.3 is 49.6 Å². The Labute approximate surface area is 603 Å². The molecule has 7 aromatic heterocycles. The van der Waals surface area contributed by atoms with Gasteiger partial charge in [-0.3, -0.25) is 43.5 Å². The Bertz CT molecular complexity index is 4010. The van der Waals surface area contributed by atoms with Crippen LogP contribution in [0.5, 0.6) is 0 Å². The number of carboxylic acid groups (broad SMARTS) is 2. The van der Waals surface area contributed by atoms with E-state index in [0.717, 1.165) is 88.8 Å². The molecule has 0 radical (unpaired) electrons. The number of nitrogens with zero attached hydrogens (tertiary/aromatic N) is 16. The molecule has 0 aliphatic carbocycles. The molecule has 7 aromatic rings. The molecule has 548 valence electrons. The van der Waals surface area contributed by atoms with Gasteiger partial charge in [0.05, 0.1) is 61.7 Å². The van der Waals surface area contributed by atoms with Crippen molar-refractivity contribution in [1.29, 1.82) is 0 Å². The molecule has 0 amide bonds. The van der Waals surface area contributed by atoms with E-state index in [1.165, 1.54) is 19.0 Å². The number of likely N-dealkylation sites (tertiary alicyclic amines) is 3. The van der Waals surface area contributed by atoms with Crippen molar-refractivity contribution < 1.29 is 39.0 Å². The zero-order valence-corrected chi connectivity index (χ0v) is 60.5. The molecule has 3 atom stereocenters. The molecule has 3 unspecified atom stereocenters. The lowest BCUT2D eigenvalue weighted by Crippen LogP contribution is -2.40. The van der Waals surface area contributed by atoms with Gasteiger partial charge in [-0.25, -0.2) is 64.8 Å². The minimum absolute atomic E-state index is 0. The highest BCUT2D eigenvalue weighted by atomic mass is 35.5. The molecule has 0 spiro atoms. The third kappa shape index (κ3) is 25.6. The van der Waals surface area contributed by atoms with Crippen molar-refractivity contribution in [3.05, 3.63) is 98.7 Å². The third-order valence-corrected chi connectivity index (χ3v) is 17.1. The van der Waals surface area contributed by atoms with Crippen molar-refractivity contribution in [1.82, 2.24) is 84.5 Å². The Morgan fingerprint density at radius 3 is 1.30 bits per heavy atom. The first-order chi connectivity index (χ1) is 46.9. The Hall–Kier alpha value is -8.88. The molecular formula is C67H96Cl3N23O8. The second kappa shape index (κ2) is 37.2. The normalized spacial score (nSPS) is 16.6. The van der Waals surface area contributed by atoms with Gasteiger partial charge in [0.1, 0.15) is 103 Å². The summed E-state index contributed by atoms with van der Waals surface area (Å²) in [6.07, 6.45) is 15.4. The van der Waals surface area contributed by atoms with Gasteiger partial charge in [0.25, 0.3) is 5.97 Å². The Balaban J connectivity index is 0.000000248. The lowest BCUT2D eigenvalue weighted by Gasteiger charge is -2.32. The fraction of sp³-hybridized carbons (Fsp3) is 0.537. The maximum atomic E-state index is 12.8. The summed E-state index contributed by atoms with van der Waals surface area (Å²) in [5.41, 5.74) is 37.0. The minimum atomic E-state index is -0.853. The van der Waals surface area contributed by atoms with E-state index in [2.05, 4.69) is 100 Å². The number of piperidine rings is 3. The Morgan fingerprint density at radius 2 is 0.881 bits per heavy atom. The highest BCUT2D eigenvalue weighted by Crippen LogP contribution is 2.31. The Morgan fingerprint density at radius 1 is 0.505 bits per heavy atom. The van der Waals surface area contributed by atoms with Crippen molar-refractivity contribution in [2.24, 2.45) is 17.8 Å². The van der Waals surface area contributed by atoms with E-state index >= 15 is 0 Å². The van der Waals surface area contributed by atoms with Crippen LogP contribution in [0.4, 0.5) is 34.6 Å². The molecule has 3 saturated heterocycles. The van der Waals surface area contributed by atoms with Gasteiger partial charge in [0.2, 0.25) is 0 Å². The average molecular weight is 1460 g/mol. The molecule has 15 N–H and O–H groups in total. The fourth-order valence-electron chi connectivity index (χ4n) is 11.1. The van der Waals surface area contributed by atoms with Crippen LogP contribution in [0.15, 0.2) is 37.6 Å². The van der Waals surface area contributed by atoms with Crippen molar-refractivity contribution in [2.45, 2.75) is 164 Å². The van der Waals surface area contributed by atoms with Crippen molar-refractivity contribution in [2.75, 3.05) is 86.8 Å². The number of fused-ring (bicyclic) bond motifs is 1. The number of nitrogens with two attached hydrogens (primary N) is 6. The summed E-state index contributed by atoms with van der Waals surface area (Å²) in [7, 11) is 0. The summed E-state index contributed by atoms with van der Waals surface area (Å²) in [4.78, 5) is 134. The quantitative estimate of drug-likeness (QED) is 0.0386. The van der Waals surface area contributed by atoms with Crippen molar-refractivity contribution >= 4 is 116 Å². The highest BCUT2D eigenvalue weighted by Gasteiger charge is 2.31. The van der Waals surface area contributed by atoms with E-state index in [4.69, 9.17) is 84.2 Å². The second-order valence-corrected chi connectivity index (χ2v) is 29.1. The van der Waals surface area contributed by atoms with Crippen LogP contribution >= 0.6 is 34.8 Å². The van der Waals surface area contributed by atoms with Crippen LogP contribution < -0.4 is 34.4 Å². The number of nitrogens with one attached hydrogen (secondary N) is 1. The van der Waals surface area contributed by atoms with Gasteiger partial charge in [0.15, 0.2) is 28.8 Å². The molecule has 3 aliphatic heterocycles. The predicted molar refractivity (Wildman–Crippen MR) is 389 cm³/mol. The summed E-state index contributed by atoms with van der Waals surface area (Å²) in [6, 6.07) is 0. The highest BCUT2D eigenvalue weighted by molar-refractivity contribution is 6.36. The smallest absolute Gasteiger partial charge is 0.317 e. The van der Waals surface area contributed by atoms with Gasteiger partial charge in [-0.05, 0) is 75.9 Å². The number of imidazole rings is 1. The molecule has 10 heterocycles. The van der Waals surface area contributed by atoms with E-state index in [9.17, 15) is 24.0 Å². The van der Waals surface area contributed by atoms with E-state index in [0.29, 0.717) is 79.2 Å². The summed E-state index contributed by atoms with van der Waals surface area (Å²) >= 11 is 18.1. The minimum Gasteiger partial charge on any atom is -0.481 e. The first-order valence-electron chi connectivity index (χ1n) is 32.6. The molecule has 0 bridgehead atoms. The molecule has 0 aromatic carbocycles. The third-order valence-electron chi connectivity index (χ3n) is 16.0. The van der Waals surface area contributed by atoms with Gasteiger partial charge in [0, 0.05) is 62.1 Å². The summed E-state index contributed by atoms with van der Waals surface area (Å²) in [5, 5.41) is 16.6. The number of carbonyl (C=O) groups excluding carboxylic acids is 4. The zero-order chi connectivity index (χ0) is 74.0. The van der Waals surface area contributed by atoms with Crippen LogP contribution in [0.3, 0.4) is 0 Å². The van der Waals surface area contributed by atoms with E-state index < -0.39 is 11.9 Å². The lowest BCUT2D eigenvalue weighted by atomic mass is 9.91. The number of aliphatic carboxylic acids is 2. The number of anilines is 6. The van der Waals surface area contributed by atoms with E-state index in [1.54, 1.807) is 18.6 Å². The average Bonchev–Trinajstić information content (AvgIpc) is 1.70. The monoisotopic (exact) mass is 1460 g/mol. The van der Waals surface area contributed by atoms with Gasteiger partial charge in [-0.15, -0.1) is 0 Å². The first-order valence-corrected chi connectivity index (χ1v) is 33.7. The number of carboxylic acids is 2. The molecule has 3 aliphatic rings. The van der Waals surface area contributed by atoms with E-state index in [-0.39, 0.29) is 134 Å². The summed E-state index contributed by atoms with van der Waals surface area (Å²) < 4.78 is 0. The van der Waals surface area contributed by atoms with Crippen molar-refractivity contribution in [3.63, 3.8) is 0 Å². The fourth-order valence-corrected chi connectivity index (χ4v) is 11.7. The number of halogens is 3. The van der Waals surface area contributed by atoms with Crippen LogP contribution in [-0.4, -0.2) is 182 Å². The number of Topliss-reactive ketones (excluding diaryl/α,β-unsaturated/α-hetero) is 4. The van der Waals surface area contributed by atoms with Gasteiger partial charge in [-0.1, -0.05) is 105 Å². The van der Waals surface area contributed by atoms with Crippen LogP contribution in [0.2, 0.25) is 15.1 Å². The number of H-pyrrole nitrogens is 1. The van der Waals surface area contributed by atoms with Gasteiger partial charge >= 0.3 is 5.97 Å². The molecule has 0 saturated carbocycles. The number of aromatic amines is 1. The standard InChI is InChI=1S/C22H30ClN7O2.C21H27ClN8O.C13H17ClN4O3.C8H14N4.C2H4O2.CH4/c1-22(2,3)21-26-9-15(24)16(29-21)8-14(31)11-30-6-4-5-13(10-30)7-17(32)19-18(23)20(25)28-12-27-19;1-21(2,3)20-24-8-13-19(29-20)28-15(27-13)10-30-6-4-5-12(9-30)7-14(31)17-16(22)18(23)26-11-25-17;14-11-12(16-7-17-13(11)15)9(19)4-8-2-1-3-18(5-8)6-10(20)21;1-8(2,3)7-11-4-5(9)6(10)12-7;1-2(3)4;/h9,12-13H,4-8,10-11,24H2,1-3H3,(H2,25,27,28);8,11-12H,4-7,9-10H2,1-3H3,(H2,23,25,26)(H,24,27,28,29);7-8H,1-6H2,(H,20,21)(H2,15,16,17);4H,9H2,1-3H3,(H2,10,11,12);1H3,(H,3,4);1H4. The SMILES string of the molecule is C.CC(=O)O.CC(C)(C)c1ncc(N)c(CC(=O)CN2CCCC(CC(=O)c3ncnc(N)c3Cl)C2)n1.CC(C)(C)c1ncc(N)c(N)n1.CC(C)(C)c1ncc2[nH]c(CN3CCCC(CC(=O)c4ncnc(N)c4Cl)C3)nc2n1.Nc1ncnc(C(=O)CC2CCCN(CC(=O)O)C2)c1Cl. The number of aromatic nitrogens is 14. The maximum absolute atomic E-state index is 12.8. The Kier molecular flexibility index (Phi) is 30.5. The van der Waals surface area contributed by atoms with E-state index in [1.807, 2.05) is 46.4 Å².